The van der Waals surface area contributed by atoms with Crippen molar-refractivity contribution in [3.63, 3.8) is 0 Å². The quantitative estimate of drug-likeness (QED) is 0.569. The van der Waals surface area contributed by atoms with E-state index in [1.165, 1.54) is 0 Å². The number of ether oxygens (including phenoxy) is 1. The van der Waals surface area contributed by atoms with Crippen LogP contribution in [0.15, 0.2) is 41.3 Å². The first kappa shape index (κ1) is 20.4. The molecule has 0 bridgehead atoms. The molecule has 0 unspecified atom stereocenters. The van der Waals surface area contributed by atoms with Gasteiger partial charge in [0.2, 0.25) is 0 Å². The van der Waals surface area contributed by atoms with E-state index >= 15 is 0 Å². The van der Waals surface area contributed by atoms with E-state index in [1.807, 2.05) is 32.0 Å². The molecule has 1 N–H and O–H groups in total. The Balaban J connectivity index is 1.81. The van der Waals surface area contributed by atoms with Gasteiger partial charge in [0.25, 0.3) is 11.8 Å². The van der Waals surface area contributed by atoms with Crippen LogP contribution in [0, 0.1) is 13.8 Å². The number of nitrogens with zero attached hydrogens (tertiary/aromatic N) is 1. The molecule has 5 nitrogen and oxygen atoms in total. The Hall–Kier alpha value is -2.35. The summed E-state index contributed by atoms with van der Waals surface area (Å²) in [7, 11) is 1.59. The highest BCUT2D eigenvalue weighted by Crippen LogP contribution is 2.32. The highest BCUT2D eigenvalue weighted by molar-refractivity contribution is 8.26. The number of benzene rings is 2. The lowest BCUT2D eigenvalue weighted by Gasteiger charge is -2.16. The molecule has 0 aromatic heterocycles. The van der Waals surface area contributed by atoms with E-state index in [0.717, 1.165) is 39.2 Å². The van der Waals surface area contributed by atoms with Gasteiger partial charge in [-0.15, -0.1) is 0 Å². The minimum absolute atomic E-state index is 0.243. The van der Waals surface area contributed by atoms with E-state index in [9.17, 15) is 9.59 Å². The number of aryl methyl sites for hydroxylation is 2. The number of halogens is 1. The minimum Gasteiger partial charge on any atom is -0.496 e. The van der Waals surface area contributed by atoms with Gasteiger partial charge in [0.05, 0.1) is 22.6 Å². The van der Waals surface area contributed by atoms with E-state index in [4.69, 9.17) is 28.6 Å². The standard InChI is InChI=1S/C20H17ClN2O3S2/c1-11-4-7-14(15(21)8-11)18(24)22-23-19(25)17(28-20(23)27)10-13-6-5-12(2)16(9-13)26-3/h4-10H,1-3H3,(H,22,24)/b17-10+. The second kappa shape index (κ2) is 8.34. The molecule has 8 heteroatoms. The lowest BCUT2D eigenvalue weighted by atomic mass is 10.1. The molecule has 1 saturated heterocycles. The van der Waals surface area contributed by atoms with Gasteiger partial charge in [0.15, 0.2) is 4.32 Å². The number of methoxy groups -OCH3 is 1. The summed E-state index contributed by atoms with van der Waals surface area (Å²) in [5.74, 6) is -0.169. The molecule has 0 radical (unpaired) electrons. The van der Waals surface area contributed by atoms with Crippen LogP contribution in [0.3, 0.4) is 0 Å². The number of thiocarbonyl (C=S) groups is 1. The third kappa shape index (κ3) is 4.22. The molecular weight excluding hydrogens is 416 g/mol. The first-order valence-electron chi connectivity index (χ1n) is 8.30. The van der Waals surface area contributed by atoms with Crippen molar-refractivity contribution < 1.29 is 14.3 Å². The molecule has 2 aromatic rings. The Morgan fingerprint density at radius 1 is 1.25 bits per heavy atom. The molecular formula is C20H17ClN2O3S2. The van der Waals surface area contributed by atoms with Crippen LogP contribution in [-0.4, -0.2) is 28.3 Å². The molecule has 144 valence electrons. The molecule has 1 fully saturated rings. The molecule has 2 aromatic carbocycles. The van der Waals surface area contributed by atoms with Gasteiger partial charge in [-0.25, -0.2) is 0 Å². The van der Waals surface area contributed by atoms with Gasteiger partial charge < -0.3 is 4.74 Å². The fraction of sp³-hybridized carbons (Fsp3) is 0.150. The predicted octanol–water partition coefficient (Wildman–Crippen LogP) is 4.51. The van der Waals surface area contributed by atoms with Crippen molar-refractivity contribution in [1.82, 2.24) is 10.4 Å². The molecule has 0 aliphatic carbocycles. The summed E-state index contributed by atoms with van der Waals surface area (Å²) in [5.41, 5.74) is 5.54. The van der Waals surface area contributed by atoms with Crippen molar-refractivity contribution in [3.05, 3.63) is 68.6 Å². The highest BCUT2D eigenvalue weighted by atomic mass is 35.5. The lowest BCUT2D eigenvalue weighted by Crippen LogP contribution is -2.44. The van der Waals surface area contributed by atoms with E-state index in [0.29, 0.717) is 9.93 Å². The molecule has 2 amide bonds. The average Bonchev–Trinajstić information content (AvgIpc) is 2.90. The zero-order valence-corrected chi connectivity index (χ0v) is 17.8. The zero-order valence-electron chi connectivity index (χ0n) is 15.4. The van der Waals surface area contributed by atoms with Crippen LogP contribution in [0.1, 0.15) is 27.0 Å². The molecule has 1 aliphatic rings. The second-order valence-electron chi connectivity index (χ2n) is 6.17. The summed E-state index contributed by atoms with van der Waals surface area (Å²) in [6, 6.07) is 10.7. The van der Waals surface area contributed by atoms with Gasteiger partial charge in [-0.3, -0.25) is 15.0 Å². The van der Waals surface area contributed by atoms with Crippen molar-refractivity contribution in [1.29, 1.82) is 0 Å². The van der Waals surface area contributed by atoms with Crippen LogP contribution in [0.25, 0.3) is 6.08 Å². The van der Waals surface area contributed by atoms with E-state index in [1.54, 1.807) is 31.4 Å². The van der Waals surface area contributed by atoms with E-state index in [2.05, 4.69) is 5.43 Å². The molecule has 0 atom stereocenters. The SMILES string of the molecule is COc1cc(/C=C2/SC(=S)N(NC(=O)c3ccc(C)cc3Cl)C2=O)ccc1C. The summed E-state index contributed by atoms with van der Waals surface area (Å²) >= 11 is 12.5. The van der Waals surface area contributed by atoms with Crippen molar-refractivity contribution in [2.45, 2.75) is 13.8 Å². The monoisotopic (exact) mass is 432 g/mol. The van der Waals surface area contributed by atoms with Gasteiger partial charge in [-0.2, -0.15) is 5.01 Å². The number of hydrogen-bond donors (Lipinski definition) is 1. The Morgan fingerprint density at radius 2 is 2.00 bits per heavy atom. The third-order valence-electron chi connectivity index (χ3n) is 4.11. The van der Waals surface area contributed by atoms with Gasteiger partial charge in [0.1, 0.15) is 5.75 Å². The number of hydrazine groups is 1. The van der Waals surface area contributed by atoms with E-state index < -0.39 is 11.8 Å². The summed E-state index contributed by atoms with van der Waals surface area (Å²) < 4.78 is 5.56. The second-order valence-corrected chi connectivity index (χ2v) is 8.25. The minimum atomic E-state index is -0.500. The van der Waals surface area contributed by atoms with Crippen molar-refractivity contribution in [2.24, 2.45) is 0 Å². The van der Waals surface area contributed by atoms with Crippen LogP contribution in [0.5, 0.6) is 5.75 Å². The average molecular weight is 433 g/mol. The molecule has 1 aliphatic heterocycles. The molecule has 3 rings (SSSR count). The smallest absolute Gasteiger partial charge is 0.285 e. The Bertz CT molecular complexity index is 1020. The summed E-state index contributed by atoms with van der Waals surface area (Å²) in [6.45, 7) is 3.81. The maximum absolute atomic E-state index is 12.7. The number of thioether (sulfide) groups is 1. The molecule has 28 heavy (non-hydrogen) atoms. The Labute approximate surface area is 177 Å². The normalized spacial score (nSPS) is 15.3. The largest absolute Gasteiger partial charge is 0.496 e. The highest BCUT2D eigenvalue weighted by Gasteiger charge is 2.34. The van der Waals surface area contributed by atoms with Gasteiger partial charge >= 0.3 is 0 Å². The molecule has 1 heterocycles. The number of carbonyl (C=O) groups excluding carboxylic acids is 2. The van der Waals surface area contributed by atoms with Crippen molar-refractivity contribution in [3.8, 4) is 5.75 Å². The summed E-state index contributed by atoms with van der Waals surface area (Å²) in [6.07, 6.45) is 1.71. The fourth-order valence-corrected chi connectivity index (χ4v) is 4.11. The van der Waals surface area contributed by atoms with Gasteiger partial charge in [-0.1, -0.05) is 41.6 Å². The lowest BCUT2D eigenvalue weighted by molar-refractivity contribution is -0.123. The fourth-order valence-electron chi connectivity index (χ4n) is 2.61. The van der Waals surface area contributed by atoms with Crippen molar-refractivity contribution >= 4 is 57.8 Å². The number of carbonyl (C=O) groups is 2. The predicted molar refractivity (Wildman–Crippen MR) is 116 cm³/mol. The van der Waals surface area contributed by atoms with Crippen LogP contribution >= 0.6 is 35.6 Å². The number of amides is 2. The zero-order chi connectivity index (χ0) is 20.4. The topological polar surface area (TPSA) is 58.6 Å². The first-order valence-corrected chi connectivity index (χ1v) is 9.90. The maximum atomic E-state index is 12.7. The van der Waals surface area contributed by atoms with Crippen LogP contribution in [0.4, 0.5) is 0 Å². The third-order valence-corrected chi connectivity index (χ3v) is 5.72. The summed E-state index contributed by atoms with van der Waals surface area (Å²) in [4.78, 5) is 25.6. The number of rotatable bonds is 4. The first-order chi connectivity index (χ1) is 13.3. The van der Waals surface area contributed by atoms with Crippen LogP contribution < -0.4 is 10.2 Å². The summed E-state index contributed by atoms with van der Waals surface area (Å²) in [5, 5.41) is 1.38. The number of hydrogen-bond acceptors (Lipinski definition) is 5. The number of nitrogens with one attached hydrogen (secondary N) is 1. The van der Waals surface area contributed by atoms with Crippen LogP contribution in [0.2, 0.25) is 5.02 Å². The van der Waals surface area contributed by atoms with E-state index in [-0.39, 0.29) is 9.88 Å². The molecule has 0 saturated carbocycles. The van der Waals surface area contributed by atoms with Gasteiger partial charge in [-0.05, 0) is 67.0 Å². The Morgan fingerprint density at radius 3 is 2.68 bits per heavy atom. The van der Waals surface area contributed by atoms with Crippen LogP contribution in [-0.2, 0) is 4.79 Å². The Kier molecular flexibility index (Phi) is 6.07. The van der Waals surface area contributed by atoms with Gasteiger partial charge in [0, 0.05) is 0 Å². The maximum Gasteiger partial charge on any atom is 0.285 e. The van der Waals surface area contributed by atoms with Crippen molar-refractivity contribution in [2.75, 3.05) is 7.11 Å². The molecule has 0 spiro atoms.